The zero-order valence-electron chi connectivity index (χ0n) is 10.8. The summed E-state index contributed by atoms with van der Waals surface area (Å²) in [7, 11) is 1.43. The Morgan fingerprint density at radius 2 is 1.90 bits per heavy atom. The molecule has 0 aliphatic rings. The second-order valence-electron chi connectivity index (χ2n) is 4.17. The highest BCUT2D eigenvalue weighted by atomic mass is 35.7. The van der Waals surface area contributed by atoms with Crippen LogP contribution in [0.3, 0.4) is 0 Å². The smallest absolute Gasteiger partial charge is 0.263 e. The minimum Gasteiger partial charge on any atom is -0.263 e. The fraction of sp³-hybridized carbons (Fsp3) is 0.0833. The Balaban J connectivity index is 2.30. The lowest BCUT2D eigenvalue weighted by atomic mass is 10.3. The van der Waals surface area contributed by atoms with Crippen molar-refractivity contribution in [1.82, 2.24) is 19.7 Å². The molecule has 0 radical (unpaired) electrons. The fourth-order valence-electron chi connectivity index (χ4n) is 1.87. The van der Waals surface area contributed by atoms with E-state index in [1.165, 1.54) is 15.9 Å². The Morgan fingerprint density at radius 3 is 2.48 bits per heavy atom. The molecule has 2 heterocycles. The molecule has 6 nitrogen and oxygen atoms in total. The van der Waals surface area contributed by atoms with Crippen LogP contribution in [0.25, 0.3) is 17.2 Å². The minimum atomic E-state index is -4.02. The lowest BCUT2D eigenvalue weighted by Gasteiger charge is -2.07. The van der Waals surface area contributed by atoms with Gasteiger partial charge in [0, 0.05) is 16.1 Å². The van der Waals surface area contributed by atoms with Gasteiger partial charge in [-0.25, -0.2) is 13.4 Å². The topological polar surface area (TPSA) is 77.7 Å². The third-order valence-corrected chi connectivity index (χ3v) is 4.60. The molecule has 2 aromatic heterocycles. The summed E-state index contributed by atoms with van der Waals surface area (Å²) in [5, 5.41) is 9.97. The molecule has 1 aromatic carbocycles. The van der Waals surface area contributed by atoms with Crippen LogP contribution in [-0.4, -0.2) is 28.2 Å². The summed E-state index contributed by atoms with van der Waals surface area (Å²) in [6.07, 6.45) is 0. The van der Waals surface area contributed by atoms with Gasteiger partial charge in [-0.15, -0.1) is 21.5 Å². The largest absolute Gasteiger partial charge is 0.297 e. The number of para-hydroxylation sites is 1. The van der Waals surface area contributed by atoms with E-state index in [-0.39, 0.29) is 5.16 Å². The summed E-state index contributed by atoms with van der Waals surface area (Å²) < 4.78 is 24.8. The quantitative estimate of drug-likeness (QED) is 0.685. The molecule has 0 aliphatic heterocycles. The Labute approximate surface area is 129 Å². The average molecular weight is 341 g/mol. The van der Waals surface area contributed by atoms with Crippen molar-refractivity contribution in [3.8, 4) is 17.2 Å². The Kier molecular flexibility index (Phi) is 3.52. The zero-order valence-corrected chi connectivity index (χ0v) is 13.2. The summed E-state index contributed by atoms with van der Waals surface area (Å²) in [4.78, 5) is 4.32. The van der Waals surface area contributed by atoms with E-state index in [9.17, 15) is 8.42 Å². The molecule has 21 heavy (non-hydrogen) atoms. The van der Waals surface area contributed by atoms with Crippen molar-refractivity contribution in [2.75, 3.05) is 0 Å². The van der Waals surface area contributed by atoms with Crippen LogP contribution in [-0.2, 0) is 9.05 Å². The molecular formula is C12H9ClN4O2S2. The zero-order chi connectivity index (χ0) is 15.0. The van der Waals surface area contributed by atoms with Crippen molar-refractivity contribution in [3.05, 3.63) is 40.7 Å². The highest BCUT2D eigenvalue weighted by Gasteiger charge is 2.25. The highest BCUT2D eigenvalue weighted by molar-refractivity contribution is 8.13. The van der Waals surface area contributed by atoms with Crippen LogP contribution >= 0.6 is 22.0 Å². The number of hydrogen-bond donors (Lipinski definition) is 0. The molecule has 0 N–H and O–H groups in total. The van der Waals surface area contributed by atoms with E-state index in [1.54, 1.807) is 29.6 Å². The van der Waals surface area contributed by atoms with Crippen molar-refractivity contribution >= 4 is 31.1 Å². The van der Waals surface area contributed by atoms with Gasteiger partial charge in [0.2, 0.25) is 0 Å². The van der Waals surface area contributed by atoms with Gasteiger partial charge in [0.1, 0.15) is 5.69 Å². The van der Waals surface area contributed by atoms with E-state index in [0.717, 1.165) is 5.01 Å². The van der Waals surface area contributed by atoms with Gasteiger partial charge < -0.3 is 0 Å². The predicted octanol–water partition coefficient (Wildman–Crippen LogP) is 2.63. The fourth-order valence-corrected chi connectivity index (χ4v) is 3.31. The number of nitrogens with zero attached hydrogens (tertiary/aromatic N) is 4. The number of benzene rings is 1. The Morgan fingerprint density at radius 1 is 1.19 bits per heavy atom. The van der Waals surface area contributed by atoms with Crippen LogP contribution in [0.15, 0.2) is 40.9 Å². The first kappa shape index (κ1) is 14.2. The maximum Gasteiger partial charge on any atom is 0.297 e. The molecule has 0 amide bonds. The van der Waals surface area contributed by atoms with Crippen LogP contribution in [0.5, 0.6) is 0 Å². The molecule has 0 unspecified atom stereocenters. The molecular weight excluding hydrogens is 332 g/mol. The van der Waals surface area contributed by atoms with Crippen molar-refractivity contribution < 1.29 is 8.42 Å². The molecule has 0 saturated carbocycles. The van der Waals surface area contributed by atoms with Crippen LogP contribution in [0.4, 0.5) is 0 Å². The lowest BCUT2D eigenvalue weighted by molar-refractivity contribution is 0.597. The monoisotopic (exact) mass is 340 g/mol. The van der Waals surface area contributed by atoms with E-state index in [2.05, 4.69) is 15.2 Å². The first-order chi connectivity index (χ1) is 9.97. The van der Waals surface area contributed by atoms with Gasteiger partial charge in [0.25, 0.3) is 14.2 Å². The normalized spacial score (nSPS) is 11.7. The number of halogens is 1. The molecule has 0 spiro atoms. The summed E-state index contributed by atoms with van der Waals surface area (Å²) in [5.74, 6) is 0.338. The number of thiazole rings is 1. The van der Waals surface area contributed by atoms with Gasteiger partial charge in [-0.05, 0) is 19.1 Å². The highest BCUT2D eigenvalue weighted by Crippen LogP contribution is 2.27. The van der Waals surface area contributed by atoms with E-state index in [0.29, 0.717) is 17.2 Å². The van der Waals surface area contributed by atoms with Crippen molar-refractivity contribution in [2.24, 2.45) is 0 Å². The molecule has 9 heteroatoms. The predicted molar refractivity (Wildman–Crippen MR) is 80.2 cm³/mol. The maximum atomic E-state index is 11.7. The molecule has 0 fully saturated rings. The van der Waals surface area contributed by atoms with Crippen molar-refractivity contribution in [2.45, 2.75) is 12.1 Å². The summed E-state index contributed by atoms with van der Waals surface area (Å²) in [5.41, 5.74) is 1.16. The second-order valence-corrected chi connectivity index (χ2v) is 7.69. The third kappa shape index (κ3) is 2.69. The van der Waals surface area contributed by atoms with Crippen LogP contribution < -0.4 is 0 Å². The standard InChI is InChI=1S/C12H9ClN4O2S2/c1-8-14-10(7-20-8)11-15-16-12(21(13,18)19)17(11)9-5-3-2-4-6-9/h2-7H,1H3. The van der Waals surface area contributed by atoms with Crippen LogP contribution in [0.1, 0.15) is 5.01 Å². The number of aryl methyl sites for hydroxylation is 1. The molecule has 0 aliphatic carbocycles. The Bertz CT molecular complexity index is 887. The molecule has 108 valence electrons. The number of aromatic nitrogens is 4. The molecule has 3 aromatic rings. The third-order valence-electron chi connectivity index (χ3n) is 2.71. The van der Waals surface area contributed by atoms with Gasteiger partial charge in [-0.2, -0.15) is 0 Å². The minimum absolute atomic E-state index is 0.323. The SMILES string of the molecule is Cc1nc(-c2nnc(S(=O)(=O)Cl)n2-c2ccccc2)cs1. The first-order valence-corrected chi connectivity index (χ1v) is 9.04. The van der Waals surface area contributed by atoms with Gasteiger partial charge in [-0.3, -0.25) is 4.57 Å². The summed E-state index contributed by atoms with van der Waals surface area (Å²) >= 11 is 1.45. The van der Waals surface area contributed by atoms with E-state index in [1.807, 2.05) is 13.0 Å². The first-order valence-electron chi connectivity index (χ1n) is 5.85. The number of hydrogen-bond acceptors (Lipinski definition) is 6. The molecule has 3 rings (SSSR count). The van der Waals surface area contributed by atoms with Crippen LogP contribution in [0, 0.1) is 6.92 Å². The van der Waals surface area contributed by atoms with Gasteiger partial charge in [0.05, 0.1) is 10.7 Å². The van der Waals surface area contributed by atoms with Gasteiger partial charge in [-0.1, -0.05) is 18.2 Å². The van der Waals surface area contributed by atoms with E-state index in [4.69, 9.17) is 10.7 Å². The molecule has 0 atom stereocenters. The summed E-state index contributed by atoms with van der Waals surface area (Å²) in [6.45, 7) is 1.86. The number of rotatable bonds is 3. The van der Waals surface area contributed by atoms with E-state index < -0.39 is 9.05 Å². The van der Waals surface area contributed by atoms with Crippen LogP contribution in [0.2, 0.25) is 0 Å². The Hall–Kier alpha value is -1.77. The second kappa shape index (κ2) is 5.21. The maximum absolute atomic E-state index is 11.7. The molecule has 0 bridgehead atoms. The van der Waals surface area contributed by atoms with Gasteiger partial charge >= 0.3 is 0 Å². The van der Waals surface area contributed by atoms with Crippen molar-refractivity contribution in [3.63, 3.8) is 0 Å². The summed E-state index contributed by atoms with van der Waals surface area (Å²) in [6, 6.07) is 8.90. The lowest BCUT2D eigenvalue weighted by Crippen LogP contribution is -2.05. The van der Waals surface area contributed by atoms with E-state index >= 15 is 0 Å². The van der Waals surface area contributed by atoms with Crippen molar-refractivity contribution in [1.29, 1.82) is 0 Å². The molecule has 0 saturated heterocycles. The van der Waals surface area contributed by atoms with Gasteiger partial charge in [0.15, 0.2) is 5.82 Å². The average Bonchev–Trinajstić information content (AvgIpc) is 3.04.